The summed E-state index contributed by atoms with van der Waals surface area (Å²) in [6.07, 6.45) is 4.40. The van der Waals surface area contributed by atoms with Crippen molar-refractivity contribution in [2.45, 2.75) is 111 Å². The van der Waals surface area contributed by atoms with Crippen LogP contribution in [0.1, 0.15) is 93.9 Å². The van der Waals surface area contributed by atoms with Gasteiger partial charge < -0.3 is 20.1 Å². The van der Waals surface area contributed by atoms with Crippen molar-refractivity contribution in [1.82, 2.24) is 4.90 Å². The first-order chi connectivity index (χ1) is 13.0. The average Bonchev–Trinajstić information content (AvgIpc) is 2.57. The van der Waals surface area contributed by atoms with E-state index in [9.17, 15) is 9.90 Å². The first kappa shape index (κ1) is 32.0. The van der Waals surface area contributed by atoms with Gasteiger partial charge in [0, 0.05) is 37.8 Å². The van der Waals surface area contributed by atoms with Gasteiger partial charge in [0.05, 0.1) is 6.10 Å². The molecule has 0 spiro atoms. The van der Waals surface area contributed by atoms with Crippen molar-refractivity contribution in [3.8, 4) is 0 Å². The summed E-state index contributed by atoms with van der Waals surface area (Å²) in [6, 6.07) is 0. The van der Waals surface area contributed by atoms with Gasteiger partial charge in [0.1, 0.15) is 6.61 Å². The van der Waals surface area contributed by atoms with E-state index in [0.29, 0.717) is 19.6 Å². The number of ether oxygens (including phenoxy) is 1. The highest BCUT2D eigenvalue weighted by Crippen LogP contribution is 2.37. The molecule has 0 atom stereocenters. The van der Waals surface area contributed by atoms with Crippen molar-refractivity contribution in [1.29, 1.82) is 0 Å². The first-order valence-corrected chi connectivity index (χ1v) is 10.7. The Morgan fingerprint density at radius 1 is 1.00 bits per heavy atom. The lowest BCUT2D eigenvalue weighted by Gasteiger charge is -2.54. The van der Waals surface area contributed by atoms with Crippen LogP contribution in [0.25, 0.3) is 0 Å². The van der Waals surface area contributed by atoms with Crippen LogP contribution in [0.4, 0.5) is 0 Å². The second-order valence-electron chi connectivity index (χ2n) is 8.30. The minimum atomic E-state index is -0.275. The monoisotopic (exact) mass is 407 g/mol. The minimum Gasteiger partial charge on any atom is -0.464 e. The van der Waals surface area contributed by atoms with Crippen LogP contribution in [0.3, 0.4) is 0 Å². The number of hydrogen-bond donors (Lipinski definition) is 3. The van der Waals surface area contributed by atoms with Crippen molar-refractivity contribution < 1.29 is 24.9 Å². The minimum absolute atomic E-state index is 0.0131. The lowest BCUT2D eigenvalue weighted by Crippen LogP contribution is -2.62. The van der Waals surface area contributed by atoms with Crippen LogP contribution in [-0.4, -0.2) is 70.2 Å². The Labute approximate surface area is 174 Å². The normalized spacial score (nSPS) is 17.7. The van der Waals surface area contributed by atoms with E-state index in [4.69, 9.17) is 14.9 Å². The van der Waals surface area contributed by atoms with Gasteiger partial charge in [-0.05, 0) is 47.0 Å². The summed E-state index contributed by atoms with van der Waals surface area (Å²) in [5.41, 5.74) is -0.225. The van der Waals surface area contributed by atoms with Gasteiger partial charge in [0.15, 0.2) is 0 Å². The predicted octanol–water partition coefficient (Wildman–Crippen LogP) is 3.76. The number of likely N-dealkylation sites (tertiary alicyclic amines) is 1. The molecule has 0 radical (unpaired) electrons. The lowest BCUT2D eigenvalue weighted by molar-refractivity contribution is -0.147. The van der Waals surface area contributed by atoms with Crippen LogP contribution in [0.2, 0.25) is 0 Å². The molecule has 1 rings (SSSR count). The Morgan fingerprint density at radius 3 is 1.75 bits per heavy atom. The van der Waals surface area contributed by atoms with Crippen molar-refractivity contribution in [3.63, 3.8) is 0 Å². The zero-order chi connectivity index (χ0) is 22.8. The van der Waals surface area contributed by atoms with Gasteiger partial charge in [-0.2, -0.15) is 0 Å². The molecule has 0 amide bonds. The molecule has 6 heteroatoms. The van der Waals surface area contributed by atoms with E-state index in [0.717, 1.165) is 20.0 Å². The quantitative estimate of drug-likeness (QED) is 0.581. The third-order valence-corrected chi connectivity index (χ3v) is 4.05. The fourth-order valence-corrected chi connectivity index (χ4v) is 3.42. The van der Waals surface area contributed by atoms with Crippen molar-refractivity contribution in [3.05, 3.63) is 0 Å². The van der Waals surface area contributed by atoms with E-state index in [1.807, 2.05) is 0 Å². The third-order valence-electron chi connectivity index (χ3n) is 4.05. The highest BCUT2D eigenvalue weighted by Gasteiger charge is 2.44. The summed E-state index contributed by atoms with van der Waals surface area (Å²) in [6.45, 7) is 18.0. The van der Waals surface area contributed by atoms with Crippen LogP contribution in [0, 0.1) is 0 Å². The van der Waals surface area contributed by atoms with E-state index in [1.165, 1.54) is 12.8 Å². The maximum Gasteiger partial charge on any atom is 0.305 e. The molecular weight excluding hydrogens is 358 g/mol. The van der Waals surface area contributed by atoms with Crippen LogP contribution in [-0.2, 0) is 9.53 Å². The Kier molecular flexibility index (Phi) is 21.0. The SMILES string of the molecule is CC1(C)CC(O)CC(C)(C)N1CCOC(=O)CCCO.CCC.CCC.CO. The lowest BCUT2D eigenvalue weighted by atomic mass is 9.78. The Hall–Kier alpha value is -0.690. The molecule has 28 heavy (non-hydrogen) atoms. The molecule has 0 aromatic heterocycles. The summed E-state index contributed by atoms with van der Waals surface area (Å²) < 4.78 is 5.21. The number of piperidine rings is 1. The van der Waals surface area contributed by atoms with Gasteiger partial charge in [0.2, 0.25) is 0 Å². The molecule has 0 aliphatic carbocycles. The van der Waals surface area contributed by atoms with Gasteiger partial charge in [0.25, 0.3) is 0 Å². The number of hydrogen-bond acceptors (Lipinski definition) is 6. The molecule has 1 fully saturated rings. The number of carbonyl (C=O) groups excluding carboxylic acids is 1. The number of aliphatic hydroxyl groups excluding tert-OH is 3. The number of carbonyl (C=O) groups is 1. The maximum absolute atomic E-state index is 11.4. The molecule has 0 bridgehead atoms. The molecular formula is C22H49NO5. The standard InChI is InChI=1S/C15H29NO4.2C3H8.CH4O/c1-14(2)10-12(18)11-15(3,4)16(14)7-9-20-13(19)6-5-8-17;2*1-3-2;1-2/h12,17-18H,5-11H2,1-4H3;2*3H2,1-2H3;2H,1H3. The van der Waals surface area contributed by atoms with Crippen LogP contribution < -0.4 is 0 Å². The highest BCUT2D eigenvalue weighted by molar-refractivity contribution is 5.69. The topological polar surface area (TPSA) is 90.2 Å². The molecule has 1 saturated heterocycles. The van der Waals surface area contributed by atoms with Crippen LogP contribution in [0.15, 0.2) is 0 Å². The van der Waals surface area contributed by atoms with Gasteiger partial charge >= 0.3 is 5.97 Å². The number of aliphatic hydroxyl groups is 3. The van der Waals surface area contributed by atoms with Gasteiger partial charge in [-0.3, -0.25) is 9.69 Å². The zero-order valence-electron chi connectivity index (χ0n) is 20.0. The molecule has 1 aliphatic rings. The Bertz CT molecular complexity index is 339. The molecule has 172 valence electrons. The average molecular weight is 408 g/mol. The van der Waals surface area contributed by atoms with E-state index < -0.39 is 0 Å². The van der Waals surface area contributed by atoms with E-state index in [1.54, 1.807) is 0 Å². The first-order valence-electron chi connectivity index (χ1n) is 10.7. The van der Waals surface area contributed by atoms with Gasteiger partial charge in [-0.15, -0.1) is 0 Å². The number of rotatable bonds is 6. The van der Waals surface area contributed by atoms with Gasteiger partial charge in [-0.25, -0.2) is 0 Å². The number of nitrogens with zero attached hydrogens (tertiary/aromatic N) is 1. The fourth-order valence-electron chi connectivity index (χ4n) is 3.42. The largest absolute Gasteiger partial charge is 0.464 e. The highest BCUT2D eigenvalue weighted by atomic mass is 16.5. The van der Waals surface area contributed by atoms with E-state index in [-0.39, 0.29) is 36.2 Å². The van der Waals surface area contributed by atoms with Crippen molar-refractivity contribution in [2.75, 3.05) is 26.9 Å². The Balaban J connectivity index is -0.000000675. The summed E-state index contributed by atoms with van der Waals surface area (Å²) in [4.78, 5) is 13.7. The second-order valence-corrected chi connectivity index (χ2v) is 8.30. The third kappa shape index (κ3) is 15.3. The van der Waals surface area contributed by atoms with Crippen molar-refractivity contribution in [2.24, 2.45) is 0 Å². The number of esters is 1. The molecule has 0 aromatic rings. The summed E-state index contributed by atoms with van der Waals surface area (Å²) in [5.74, 6) is -0.258. The zero-order valence-corrected chi connectivity index (χ0v) is 20.0. The summed E-state index contributed by atoms with van der Waals surface area (Å²) in [7, 11) is 1.00. The molecule has 3 N–H and O–H groups in total. The predicted molar refractivity (Wildman–Crippen MR) is 117 cm³/mol. The smallest absolute Gasteiger partial charge is 0.305 e. The van der Waals surface area contributed by atoms with Crippen molar-refractivity contribution >= 4 is 5.97 Å². The Morgan fingerprint density at radius 2 is 1.39 bits per heavy atom. The summed E-state index contributed by atoms with van der Waals surface area (Å²) in [5, 5.41) is 25.6. The molecule has 1 aliphatic heterocycles. The van der Waals surface area contributed by atoms with Crippen LogP contribution in [0.5, 0.6) is 0 Å². The van der Waals surface area contributed by atoms with Gasteiger partial charge in [-0.1, -0.05) is 40.5 Å². The maximum atomic E-state index is 11.4. The molecule has 1 heterocycles. The van der Waals surface area contributed by atoms with Crippen LogP contribution >= 0.6 is 0 Å². The molecule has 6 nitrogen and oxygen atoms in total. The molecule has 0 aromatic carbocycles. The van der Waals surface area contributed by atoms with E-state index in [2.05, 4.69) is 60.3 Å². The molecule has 0 saturated carbocycles. The van der Waals surface area contributed by atoms with E-state index >= 15 is 0 Å². The molecule has 0 unspecified atom stereocenters. The summed E-state index contributed by atoms with van der Waals surface area (Å²) >= 11 is 0. The fraction of sp³-hybridized carbons (Fsp3) is 0.955. The second kappa shape index (κ2) is 18.3.